The molecule has 0 bridgehead atoms. The standard InChI is InChI=1S/C17H16BrN5O.C8H5BrN2O/c1-22(17(24)20-9-13-5-3-2-4-6-13)21-11-15-10-19-16-8-7-14(18)12-23(15)16;9-6-1-2-8-10-3-7(5-12)11(8)4-6/h2-8,10-12H,9H2,1H3,(H,20,24);1-5H. The zero-order valence-electron chi connectivity index (χ0n) is 19.1. The number of nitrogens with one attached hydrogen (secondary N) is 1. The van der Waals surface area contributed by atoms with Crippen LogP contribution in [0.15, 0.2) is 93.4 Å². The molecule has 0 radical (unpaired) electrons. The van der Waals surface area contributed by atoms with Crippen LogP contribution in [0.5, 0.6) is 0 Å². The number of aldehydes is 1. The van der Waals surface area contributed by atoms with E-state index in [1.54, 1.807) is 30.1 Å². The lowest BCUT2D eigenvalue weighted by molar-refractivity contribution is 0.111. The zero-order chi connectivity index (χ0) is 25.5. The number of amides is 2. The Kier molecular flexibility index (Phi) is 8.24. The topological polar surface area (TPSA) is 96.4 Å². The summed E-state index contributed by atoms with van der Waals surface area (Å²) in [6, 6.07) is 17.0. The smallest absolute Gasteiger partial charge is 0.332 e. The number of rotatable bonds is 5. The number of hydrogen-bond acceptors (Lipinski definition) is 5. The van der Waals surface area contributed by atoms with Gasteiger partial charge in [-0.2, -0.15) is 5.10 Å². The van der Waals surface area contributed by atoms with Crippen molar-refractivity contribution in [3.05, 3.63) is 105 Å². The van der Waals surface area contributed by atoms with Gasteiger partial charge in [0.1, 0.15) is 17.0 Å². The van der Waals surface area contributed by atoms with Gasteiger partial charge < -0.3 is 5.32 Å². The molecule has 0 aliphatic heterocycles. The Labute approximate surface area is 223 Å². The maximum Gasteiger partial charge on any atom is 0.337 e. The Morgan fingerprint density at radius 3 is 2.14 bits per heavy atom. The number of carbonyl (C=O) groups is 2. The number of hydrazone groups is 1. The first-order chi connectivity index (χ1) is 17.4. The molecule has 182 valence electrons. The fourth-order valence-corrected chi connectivity index (χ4v) is 3.89. The van der Waals surface area contributed by atoms with E-state index in [1.807, 2.05) is 71.4 Å². The van der Waals surface area contributed by atoms with E-state index in [2.05, 4.69) is 52.2 Å². The molecule has 0 aliphatic rings. The molecular formula is C25H21Br2N7O2. The minimum atomic E-state index is -0.273. The molecule has 0 fully saturated rings. The first-order valence-electron chi connectivity index (χ1n) is 10.7. The van der Waals surface area contributed by atoms with Crippen LogP contribution in [-0.4, -0.2) is 49.4 Å². The highest BCUT2D eigenvalue weighted by Gasteiger charge is 2.07. The maximum absolute atomic E-state index is 12.1. The molecule has 1 aromatic carbocycles. The zero-order valence-corrected chi connectivity index (χ0v) is 22.3. The molecule has 1 N–H and O–H groups in total. The molecular weight excluding hydrogens is 590 g/mol. The second-order valence-electron chi connectivity index (χ2n) is 7.55. The van der Waals surface area contributed by atoms with E-state index < -0.39 is 0 Å². The van der Waals surface area contributed by atoms with Crippen LogP contribution in [0.3, 0.4) is 0 Å². The molecule has 5 aromatic rings. The highest BCUT2D eigenvalue weighted by molar-refractivity contribution is 9.10. The number of benzene rings is 1. The van der Waals surface area contributed by atoms with Crippen LogP contribution in [0.2, 0.25) is 0 Å². The average Bonchev–Trinajstić information content (AvgIpc) is 3.49. The summed E-state index contributed by atoms with van der Waals surface area (Å²) in [5, 5.41) is 8.26. The van der Waals surface area contributed by atoms with Crippen LogP contribution < -0.4 is 5.32 Å². The highest BCUT2D eigenvalue weighted by atomic mass is 79.9. The summed E-state index contributed by atoms with van der Waals surface area (Å²) in [4.78, 5) is 30.9. The van der Waals surface area contributed by atoms with Crippen molar-refractivity contribution < 1.29 is 9.59 Å². The minimum Gasteiger partial charge on any atom is -0.332 e. The van der Waals surface area contributed by atoms with Gasteiger partial charge in [-0.15, -0.1) is 0 Å². The van der Waals surface area contributed by atoms with Gasteiger partial charge in [0, 0.05) is 34.9 Å². The van der Waals surface area contributed by atoms with Gasteiger partial charge in [0.25, 0.3) is 0 Å². The lowest BCUT2D eigenvalue weighted by Gasteiger charge is -2.12. The Balaban J connectivity index is 0.000000211. The molecule has 9 nitrogen and oxygen atoms in total. The van der Waals surface area contributed by atoms with E-state index in [0.29, 0.717) is 12.2 Å². The van der Waals surface area contributed by atoms with Crippen LogP contribution in [0, 0.1) is 0 Å². The van der Waals surface area contributed by atoms with Gasteiger partial charge in [-0.25, -0.2) is 19.8 Å². The van der Waals surface area contributed by atoms with E-state index in [1.165, 1.54) is 5.01 Å². The van der Waals surface area contributed by atoms with E-state index in [9.17, 15) is 9.59 Å². The molecule has 5 rings (SSSR count). The van der Waals surface area contributed by atoms with Crippen LogP contribution in [0.25, 0.3) is 11.3 Å². The molecule has 0 atom stereocenters. The van der Waals surface area contributed by atoms with Crippen LogP contribution in [-0.2, 0) is 6.54 Å². The molecule has 2 amide bonds. The predicted octanol–water partition coefficient (Wildman–Crippen LogP) is 5.18. The number of aromatic nitrogens is 4. The van der Waals surface area contributed by atoms with Crippen molar-refractivity contribution >= 4 is 61.7 Å². The number of imidazole rings is 2. The lowest BCUT2D eigenvalue weighted by atomic mass is 10.2. The molecule has 0 spiro atoms. The molecule has 4 heterocycles. The second kappa shape index (κ2) is 11.7. The summed E-state index contributed by atoms with van der Waals surface area (Å²) in [6.07, 6.45) is 9.36. The van der Waals surface area contributed by atoms with E-state index in [4.69, 9.17) is 0 Å². The molecule has 0 saturated heterocycles. The summed E-state index contributed by atoms with van der Waals surface area (Å²) in [5.41, 5.74) is 3.98. The van der Waals surface area contributed by atoms with Crippen molar-refractivity contribution in [2.45, 2.75) is 6.54 Å². The summed E-state index contributed by atoms with van der Waals surface area (Å²) >= 11 is 6.75. The minimum absolute atomic E-state index is 0.273. The van der Waals surface area contributed by atoms with Crippen molar-refractivity contribution in [3.63, 3.8) is 0 Å². The van der Waals surface area contributed by atoms with E-state index in [0.717, 1.165) is 37.8 Å². The second-order valence-corrected chi connectivity index (χ2v) is 9.38. The SMILES string of the molecule is CN(N=Cc1cnc2ccc(Br)cn12)C(=O)NCc1ccccc1.O=Cc1cnc2ccc(Br)cn12. The molecule has 0 aliphatic carbocycles. The van der Waals surface area contributed by atoms with Crippen molar-refractivity contribution in [1.29, 1.82) is 0 Å². The Hall–Kier alpha value is -3.83. The number of hydrogen-bond donors (Lipinski definition) is 1. The highest BCUT2D eigenvalue weighted by Crippen LogP contribution is 2.13. The van der Waals surface area contributed by atoms with Crippen LogP contribution in [0.4, 0.5) is 4.79 Å². The third-order valence-corrected chi connectivity index (χ3v) is 6.00. The summed E-state index contributed by atoms with van der Waals surface area (Å²) in [5.74, 6) is 0. The van der Waals surface area contributed by atoms with Gasteiger partial charge in [-0.05, 0) is 61.7 Å². The van der Waals surface area contributed by atoms with Gasteiger partial charge in [-0.1, -0.05) is 30.3 Å². The molecule has 4 aromatic heterocycles. The number of nitrogens with zero attached hydrogens (tertiary/aromatic N) is 6. The maximum atomic E-state index is 12.1. The number of fused-ring (bicyclic) bond motifs is 2. The molecule has 0 unspecified atom stereocenters. The van der Waals surface area contributed by atoms with E-state index in [-0.39, 0.29) is 6.03 Å². The van der Waals surface area contributed by atoms with Crippen molar-refractivity contribution in [3.8, 4) is 0 Å². The van der Waals surface area contributed by atoms with Crippen molar-refractivity contribution in [1.82, 2.24) is 29.1 Å². The fraction of sp³-hybridized carbons (Fsp3) is 0.0800. The van der Waals surface area contributed by atoms with Crippen LogP contribution in [0.1, 0.15) is 21.7 Å². The number of carbonyl (C=O) groups excluding carboxylic acids is 2. The third-order valence-electron chi connectivity index (χ3n) is 5.06. The van der Waals surface area contributed by atoms with Gasteiger partial charge in [-0.3, -0.25) is 13.6 Å². The largest absolute Gasteiger partial charge is 0.337 e. The number of pyridine rings is 2. The van der Waals surface area contributed by atoms with E-state index >= 15 is 0 Å². The Morgan fingerprint density at radius 1 is 0.944 bits per heavy atom. The first-order valence-corrected chi connectivity index (χ1v) is 12.3. The van der Waals surface area contributed by atoms with Crippen molar-refractivity contribution in [2.75, 3.05) is 7.05 Å². The monoisotopic (exact) mass is 609 g/mol. The van der Waals surface area contributed by atoms with Gasteiger partial charge in [0.05, 0.1) is 24.3 Å². The predicted molar refractivity (Wildman–Crippen MR) is 145 cm³/mol. The number of urea groups is 1. The fourth-order valence-electron chi connectivity index (χ4n) is 3.22. The van der Waals surface area contributed by atoms with Crippen molar-refractivity contribution in [2.24, 2.45) is 5.10 Å². The lowest BCUT2D eigenvalue weighted by Crippen LogP contribution is -2.33. The molecule has 36 heavy (non-hydrogen) atoms. The molecule has 11 heteroatoms. The Bertz CT molecular complexity index is 1530. The normalized spacial score (nSPS) is 10.9. The number of halogens is 2. The van der Waals surface area contributed by atoms with Gasteiger partial charge in [0.2, 0.25) is 0 Å². The average molecular weight is 611 g/mol. The summed E-state index contributed by atoms with van der Waals surface area (Å²) in [6.45, 7) is 0.460. The quantitative estimate of drug-likeness (QED) is 0.168. The first kappa shape index (κ1) is 25.3. The van der Waals surface area contributed by atoms with Crippen LogP contribution >= 0.6 is 31.9 Å². The van der Waals surface area contributed by atoms with Gasteiger partial charge >= 0.3 is 6.03 Å². The third kappa shape index (κ3) is 6.23. The molecule has 0 saturated carbocycles. The summed E-state index contributed by atoms with van der Waals surface area (Å²) < 4.78 is 5.49. The van der Waals surface area contributed by atoms with Gasteiger partial charge in [0.15, 0.2) is 6.29 Å². The Morgan fingerprint density at radius 2 is 1.53 bits per heavy atom. The summed E-state index contributed by atoms with van der Waals surface area (Å²) in [7, 11) is 1.61.